The van der Waals surface area contributed by atoms with Gasteiger partial charge in [-0.3, -0.25) is 4.79 Å². The molecular weight excluding hydrogens is 448 g/mol. The topological polar surface area (TPSA) is 67.7 Å². The van der Waals surface area contributed by atoms with Gasteiger partial charge in [0, 0.05) is 18.4 Å². The quantitative estimate of drug-likeness (QED) is 0.262. The van der Waals surface area contributed by atoms with Gasteiger partial charge in [-0.15, -0.1) is 0 Å². The first kappa shape index (κ1) is 23.2. The Labute approximate surface area is 210 Å². The second kappa shape index (κ2) is 10.4. The van der Waals surface area contributed by atoms with Gasteiger partial charge in [0.05, 0.1) is 23.0 Å². The zero-order valence-corrected chi connectivity index (χ0v) is 20.4. The largest absolute Gasteiger partial charge is 0.457 e. The molecular formula is C30H28N4O2. The number of aromatic nitrogens is 2. The molecule has 2 heterocycles. The van der Waals surface area contributed by atoms with Gasteiger partial charge in [-0.05, 0) is 66.4 Å². The summed E-state index contributed by atoms with van der Waals surface area (Å²) in [6.07, 6.45) is 4.46. The van der Waals surface area contributed by atoms with E-state index >= 15 is 0 Å². The van der Waals surface area contributed by atoms with E-state index in [0.717, 1.165) is 51.5 Å². The maximum absolute atomic E-state index is 13.0. The highest BCUT2D eigenvalue weighted by Gasteiger charge is 2.19. The second-order valence-electron chi connectivity index (χ2n) is 8.59. The van der Waals surface area contributed by atoms with Crippen LogP contribution in [0.2, 0.25) is 0 Å². The van der Waals surface area contributed by atoms with Gasteiger partial charge >= 0.3 is 0 Å². The maximum Gasteiger partial charge on any atom is 0.253 e. The van der Waals surface area contributed by atoms with E-state index in [0.29, 0.717) is 12.1 Å². The molecule has 3 aromatic carbocycles. The second-order valence-corrected chi connectivity index (χ2v) is 8.59. The molecule has 2 aromatic heterocycles. The predicted molar refractivity (Wildman–Crippen MR) is 143 cm³/mol. The molecule has 1 amide bonds. The van der Waals surface area contributed by atoms with E-state index in [-0.39, 0.29) is 5.91 Å². The zero-order valence-electron chi connectivity index (χ0n) is 20.4. The average molecular weight is 477 g/mol. The van der Waals surface area contributed by atoms with Crippen LogP contribution in [-0.2, 0) is 13.0 Å². The third-order valence-electron chi connectivity index (χ3n) is 6.16. The molecule has 0 saturated carbocycles. The lowest BCUT2D eigenvalue weighted by molar-refractivity contribution is 0.0950. The summed E-state index contributed by atoms with van der Waals surface area (Å²) in [5.41, 5.74) is 6.39. The van der Waals surface area contributed by atoms with Crippen LogP contribution in [0, 0.1) is 6.92 Å². The summed E-state index contributed by atoms with van der Waals surface area (Å²) in [6, 6.07) is 27.4. The van der Waals surface area contributed by atoms with E-state index in [9.17, 15) is 4.79 Å². The lowest BCUT2D eigenvalue weighted by Gasteiger charge is -2.14. The Morgan fingerprint density at radius 3 is 2.28 bits per heavy atom. The molecule has 0 bridgehead atoms. The van der Waals surface area contributed by atoms with Crippen molar-refractivity contribution in [2.45, 2.75) is 26.8 Å². The summed E-state index contributed by atoms with van der Waals surface area (Å²) < 4.78 is 7.69. The number of amides is 1. The van der Waals surface area contributed by atoms with Gasteiger partial charge < -0.3 is 15.4 Å². The monoisotopic (exact) mass is 476 g/mol. The maximum atomic E-state index is 13.0. The van der Waals surface area contributed by atoms with Gasteiger partial charge in [0.1, 0.15) is 11.5 Å². The molecule has 0 unspecified atom stereocenters. The smallest absolute Gasteiger partial charge is 0.253 e. The molecule has 180 valence electrons. The first-order chi connectivity index (χ1) is 17.6. The van der Waals surface area contributed by atoms with Gasteiger partial charge in [-0.2, -0.15) is 5.10 Å². The molecule has 36 heavy (non-hydrogen) atoms. The molecule has 0 atom stereocenters. The zero-order chi connectivity index (χ0) is 24.9. The van der Waals surface area contributed by atoms with Crippen molar-refractivity contribution in [3.05, 3.63) is 120 Å². The number of para-hydroxylation sites is 1. The summed E-state index contributed by atoms with van der Waals surface area (Å²) in [5.74, 6) is 1.44. The summed E-state index contributed by atoms with van der Waals surface area (Å²) in [5, 5.41) is 11.2. The lowest BCUT2D eigenvalue weighted by atomic mass is 10.1. The molecule has 0 spiro atoms. The number of hydrogen-bond donors (Lipinski definition) is 2. The molecule has 0 aliphatic carbocycles. The Kier molecular flexibility index (Phi) is 6.67. The van der Waals surface area contributed by atoms with Crippen LogP contribution in [0.1, 0.15) is 34.0 Å². The number of nitrogens with zero attached hydrogens (tertiary/aromatic N) is 2. The SMILES string of the molecule is CCc1cnn2cc(C(=O)NCc3ccccc3)c(C)c2c1Nc1ccc(Oc2ccccc2)cc1. The number of carbonyl (C=O) groups excluding carboxylic acids is 1. The summed E-state index contributed by atoms with van der Waals surface area (Å²) in [6.45, 7) is 4.54. The van der Waals surface area contributed by atoms with Crippen LogP contribution in [0.3, 0.4) is 0 Å². The average Bonchev–Trinajstić information content (AvgIpc) is 3.26. The van der Waals surface area contributed by atoms with Crippen LogP contribution < -0.4 is 15.4 Å². The van der Waals surface area contributed by atoms with Crippen molar-refractivity contribution in [2.24, 2.45) is 0 Å². The van der Waals surface area contributed by atoms with Crippen molar-refractivity contribution < 1.29 is 9.53 Å². The molecule has 0 aliphatic heterocycles. The molecule has 0 radical (unpaired) electrons. The van der Waals surface area contributed by atoms with Crippen LogP contribution in [0.15, 0.2) is 97.3 Å². The molecule has 6 heteroatoms. The number of nitrogens with one attached hydrogen (secondary N) is 2. The Morgan fingerprint density at radius 1 is 0.917 bits per heavy atom. The number of carbonyl (C=O) groups is 1. The first-order valence-corrected chi connectivity index (χ1v) is 12.0. The number of hydrogen-bond acceptors (Lipinski definition) is 4. The molecule has 5 aromatic rings. The van der Waals surface area contributed by atoms with Crippen molar-refractivity contribution in [3.63, 3.8) is 0 Å². The molecule has 5 rings (SSSR count). The third kappa shape index (κ3) is 4.93. The minimum Gasteiger partial charge on any atom is -0.457 e. The summed E-state index contributed by atoms with van der Waals surface area (Å²) >= 11 is 0. The van der Waals surface area contributed by atoms with Gasteiger partial charge in [-0.1, -0.05) is 55.5 Å². The lowest BCUT2D eigenvalue weighted by Crippen LogP contribution is -2.22. The van der Waals surface area contributed by atoms with Gasteiger partial charge in [-0.25, -0.2) is 4.52 Å². The highest BCUT2D eigenvalue weighted by molar-refractivity contribution is 5.99. The van der Waals surface area contributed by atoms with Crippen LogP contribution in [0.4, 0.5) is 11.4 Å². The Bertz CT molecular complexity index is 1480. The van der Waals surface area contributed by atoms with Crippen molar-refractivity contribution in [2.75, 3.05) is 5.32 Å². The van der Waals surface area contributed by atoms with E-state index < -0.39 is 0 Å². The van der Waals surface area contributed by atoms with E-state index in [1.165, 1.54) is 0 Å². The number of fused-ring (bicyclic) bond motifs is 1. The van der Waals surface area contributed by atoms with E-state index in [2.05, 4.69) is 22.7 Å². The van der Waals surface area contributed by atoms with E-state index in [1.54, 1.807) is 10.7 Å². The van der Waals surface area contributed by atoms with Gasteiger partial charge in [0.25, 0.3) is 5.91 Å². The summed E-state index contributed by atoms with van der Waals surface area (Å²) in [4.78, 5) is 13.0. The van der Waals surface area contributed by atoms with Crippen molar-refractivity contribution in [3.8, 4) is 11.5 Å². The number of anilines is 2. The predicted octanol–water partition coefficient (Wildman–Crippen LogP) is 6.67. The van der Waals surface area contributed by atoms with E-state index in [1.807, 2.05) is 98.0 Å². The molecule has 0 fully saturated rings. The first-order valence-electron chi connectivity index (χ1n) is 12.0. The normalized spacial score (nSPS) is 10.8. The molecule has 6 nitrogen and oxygen atoms in total. The van der Waals surface area contributed by atoms with Gasteiger partial charge in [0.15, 0.2) is 0 Å². The number of rotatable bonds is 8. The fourth-order valence-electron chi connectivity index (χ4n) is 4.21. The third-order valence-corrected chi connectivity index (χ3v) is 6.16. The Hall–Kier alpha value is -4.58. The van der Waals surface area contributed by atoms with Crippen molar-refractivity contribution >= 4 is 22.8 Å². The molecule has 2 N–H and O–H groups in total. The minimum absolute atomic E-state index is 0.117. The van der Waals surface area contributed by atoms with Crippen LogP contribution in [0.25, 0.3) is 5.52 Å². The van der Waals surface area contributed by atoms with E-state index in [4.69, 9.17) is 4.74 Å². The van der Waals surface area contributed by atoms with Gasteiger partial charge in [0.2, 0.25) is 0 Å². The summed E-state index contributed by atoms with van der Waals surface area (Å²) in [7, 11) is 0. The Morgan fingerprint density at radius 2 is 1.58 bits per heavy atom. The molecule has 0 aliphatic rings. The fourth-order valence-corrected chi connectivity index (χ4v) is 4.21. The van der Waals surface area contributed by atoms with Crippen molar-refractivity contribution in [1.82, 2.24) is 14.9 Å². The highest BCUT2D eigenvalue weighted by atomic mass is 16.5. The fraction of sp³-hybridized carbons (Fsp3) is 0.133. The number of ether oxygens (including phenoxy) is 1. The Balaban J connectivity index is 1.40. The molecule has 0 saturated heterocycles. The minimum atomic E-state index is -0.117. The van der Waals surface area contributed by atoms with Crippen LogP contribution >= 0.6 is 0 Å². The van der Waals surface area contributed by atoms with Crippen molar-refractivity contribution in [1.29, 1.82) is 0 Å². The standard InChI is InChI=1S/C30H28N4O2/c1-3-23-19-32-34-20-27(30(35)31-18-22-10-6-4-7-11-22)21(2)29(34)28(23)33-24-14-16-26(17-15-24)36-25-12-8-5-9-13-25/h4-17,19-20,33H,3,18H2,1-2H3,(H,31,35). The number of benzene rings is 3. The highest BCUT2D eigenvalue weighted by Crippen LogP contribution is 2.32. The van der Waals surface area contributed by atoms with Crippen LogP contribution in [-0.4, -0.2) is 15.5 Å². The van der Waals surface area contributed by atoms with Crippen LogP contribution in [0.5, 0.6) is 11.5 Å². The number of aryl methyl sites for hydroxylation is 2.